The summed E-state index contributed by atoms with van der Waals surface area (Å²) in [6.45, 7) is 2.03. The van der Waals surface area contributed by atoms with Crippen LogP contribution in [0.15, 0.2) is 16.7 Å². The van der Waals surface area contributed by atoms with E-state index in [2.05, 4.69) is 11.0 Å². The van der Waals surface area contributed by atoms with Crippen LogP contribution < -0.4 is 0 Å². The van der Waals surface area contributed by atoms with E-state index in [1.54, 1.807) is 6.07 Å². The molecule has 124 valence electrons. The Balaban J connectivity index is 1.81. The van der Waals surface area contributed by atoms with Crippen molar-refractivity contribution >= 4 is 5.97 Å². The molecule has 6 nitrogen and oxygen atoms in total. The number of methoxy groups -OCH3 is 1. The van der Waals surface area contributed by atoms with Crippen molar-refractivity contribution in [3.8, 4) is 6.07 Å². The van der Waals surface area contributed by atoms with Gasteiger partial charge in [0.1, 0.15) is 6.04 Å². The molecule has 23 heavy (non-hydrogen) atoms. The van der Waals surface area contributed by atoms with Gasteiger partial charge in [-0.1, -0.05) is 0 Å². The first-order valence-corrected chi connectivity index (χ1v) is 8.12. The third-order valence-electron chi connectivity index (χ3n) is 4.91. The van der Waals surface area contributed by atoms with E-state index in [0.717, 1.165) is 50.8 Å². The summed E-state index contributed by atoms with van der Waals surface area (Å²) in [6.07, 6.45) is 6.50. The smallest absolute Gasteiger partial charge is 0.374 e. The number of esters is 1. The third kappa shape index (κ3) is 2.99. The molecule has 2 aliphatic rings. The van der Waals surface area contributed by atoms with Crippen LogP contribution in [0.3, 0.4) is 0 Å². The van der Waals surface area contributed by atoms with Gasteiger partial charge in [-0.3, -0.25) is 4.90 Å². The van der Waals surface area contributed by atoms with E-state index < -0.39 is 5.97 Å². The standard InChI is InChI=1S/C17H22N2O4/c1-21-16(20)15-13(5-10-22-15)12-19-8-4-7-17(14(19)11-18)6-2-3-9-23-17/h5,10,14H,2-4,6-9,12H2,1H3/t14-,17-/m0/s1. The summed E-state index contributed by atoms with van der Waals surface area (Å²) in [6, 6.07) is 3.92. The first kappa shape index (κ1) is 16.0. The van der Waals surface area contributed by atoms with E-state index in [4.69, 9.17) is 13.9 Å². The zero-order valence-electron chi connectivity index (χ0n) is 13.4. The van der Waals surface area contributed by atoms with Crippen LogP contribution in [0, 0.1) is 11.3 Å². The monoisotopic (exact) mass is 318 g/mol. The molecule has 0 bridgehead atoms. The number of piperidine rings is 1. The second-order valence-corrected chi connectivity index (χ2v) is 6.24. The molecular formula is C17H22N2O4. The lowest BCUT2D eigenvalue weighted by Gasteiger charge is -2.48. The molecule has 0 saturated carbocycles. The van der Waals surface area contributed by atoms with Gasteiger partial charge in [0.2, 0.25) is 5.76 Å². The molecule has 0 N–H and O–H groups in total. The van der Waals surface area contributed by atoms with Crippen LogP contribution in [-0.2, 0) is 16.0 Å². The number of carbonyl (C=O) groups is 1. The summed E-state index contributed by atoms with van der Waals surface area (Å²) in [5, 5.41) is 9.75. The average molecular weight is 318 g/mol. The Kier molecular flexibility index (Phi) is 4.69. The Morgan fingerprint density at radius 2 is 2.30 bits per heavy atom. The van der Waals surface area contributed by atoms with E-state index in [9.17, 15) is 10.1 Å². The van der Waals surface area contributed by atoms with Crippen LogP contribution in [0.2, 0.25) is 0 Å². The van der Waals surface area contributed by atoms with Gasteiger partial charge >= 0.3 is 5.97 Å². The van der Waals surface area contributed by atoms with Crippen LogP contribution in [-0.4, -0.2) is 42.8 Å². The number of hydrogen-bond donors (Lipinski definition) is 0. The molecule has 0 aromatic carbocycles. The SMILES string of the molecule is COC(=O)c1occc1CN1CCC[C@@]2(CCCCO2)[C@@H]1C#N. The first-order valence-electron chi connectivity index (χ1n) is 8.12. The molecule has 0 aliphatic carbocycles. The number of carbonyl (C=O) groups excluding carboxylic acids is 1. The summed E-state index contributed by atoms with van der Waals surface area (Å²) in [4.78, 5) is 13.9. The molecular weight excluding hydrogens is 296 g/mol. The van der Waals surface area contributed by atoms with Crippen molar-refractivity contribution in [1.29, 1.82) is 5.26 Å². The topological polar surface area (TPSA) is 75.7 Å². The predicted molar refractivity (Wildman–Crippen MR) is 81.6 cm³/mol. The van der Waals surface area contributed by atoms with E-state index >= 15 is 0 Å². The summed E-state index contributed by atoms with van der Waals surface area (Å²) < 4.78 is 16.1. The summed E-state index contributed by atoms with van der Waals surface area (Å²) >= 11 is 0. The second kappa shape index (κ2) is 6.73. The molecule has 2 atom stereocenters. The largest absolute Gasteiger partial charge is 0.463 e. The third-order valence-corrected chi connectivity index (χ3v) is 4.91. The number of hydrogen-bond acceptors (Lipinski definition) is 6. The molecule has 3 heterocycles. The zero-order chi connectivity index (χ0) is 16.3. The maximum atomic E-state index is 11.8. The summed E-state index contributed by atoms with van der Waals surface area (Å²) in [5.41, 5.74) is 0.394. The Hall–Kier alpha value is -1.84. The average Bonchev–Trinajstić information content (AvgIpc) is 3.03. The highest BCUT2D eigenvalue weighted by Gasteiger charge is 2.47. The molecule has 0 amide bonds. The van der Waals surface area contributed by atoms with Crippen molar-refractivity contribution < 1.29 is 18.7 Å². The lowest BCUT2D eigenvalue weighted by molar-refractivity contribution is -0.138. The van der Waals surface area contributed by atoms with Gasteiger partial charge in [-0.15, -0.1) is 0 Å². The number of likely N-dealkylation sites (tertiary alicyclic amines) is 1. The number of rotatable bonds is 3. The fraction of sp³-hybridized carbons (Fsp3) is 0.647. The summed E-state index contributed by atoms with van der Waals surface area (Å²) in [7, 11) is 1.33. The van der Waals surface area contributed by atoms with Crippen molar-refractivity contribution in [3.05, 3.63) is 23.7 Å². The lowest BCUT2D eigenvalue weighted by Crippen LogP contribution is -2.58. The number of nitrogens with zero attached hydrogens (tertiary/aromatic N) is 2. The highest BCUT2D eigenvalue weighted by molar-refractivity contribution is 5.87. The predicted octanol–water partition coefficient (Wildman–Crippen LogP) is 2.49. The van der Waals surface area contributed by atoms with Gasteiger partial charge in [0, 0.05) is 18.7 Å². The highest BCUT2D eigenvalue weighted by Crippen LogP contribution is 2.39. The van der Waals surface area contributed by atoms with Crippen LogP contribution in [0.4, 0.5) is 0 Å². The maximum absolute atomic E-state index is 11.8. The number of ether oxygens (including phenoxy) is 2. The van der Waals surface area contributed by atoms with Gasteiger partial charge in [0.15, 0.2) is 0 Å². The molecule has 0 radical (unpaired) electrons. The Morgan fingerprint density at radius 3 is 3.00 bits per heavy atom. The quantitative estimate of drug-likeness (QED) is 0.797. The molecule has 1 aromatic heterocycles. The van der Waals surface area contributed by atoms with Crippen molar-refractivity contribution in [3.63, 3.8) is 0 Å². The molecule has 3 rings (SSSR count). The number of furan rings is 1. The van der Waals surface area contributed by atoms with Crippen molar-refractivity contribution in [2.45, 2.75) is 50.3 Å². The minimum atomic E-state index is -0.487. The van der Waals surface area contributed by atoms with Gasteiger partial charge < -0.3 is 13.9 Å². The molecule has 0 unspecified atom stereocenters. The van der Waals surface area contributed by atoms with Gasteiger partial charge in [0.05, 0.1) is 25.0 Å². The first-order chi connectivity index (χ1) is 11.2. The maximum Gasteiger partial charge on any atom is 0.374 e. The van der Waals surface area contributed by atoms with Crippen LogP contribution >= 0.6 is 0 Å². The van der Waals surface area contributed by atoms with E-state index in [1.807, 2.05) is 0 Å². The van der Waals surface area contributed by atoms with E-state index in [0.29, 0.717) is 6.54 Å². The van der Waals surface area contributed by atoms with Crippen molar-refractivity contribution in [2.24, 2.45) is 0 Å². The van der Waals surface area contributed by atoms with Crippen LogP contribution in [0.25, 0.3) is 0 Å². The Bertz CT molecular complexity index is 592. The molecule has 1 spiro atoms. The van der Waals surface area contributed by atoms with Crippen molar-refractivity contribution in [2.75, 3.05) is 20.3 Å². The van der Waals surface area contributed by atoms with Gasteiger partial charge in [-0.2, -0.15) is 5.26 Å². The molecule has 1 aromatic rings. The molecule has 2 fully saturated rings. The minimum Gasteiger partial charge on any atom is -0.463 e. The van der Waals surface area contributed by atoms with Crippen LogP contribution in [0.5, 0.6) is 0 Å². The fourth-order valence-electron chi connectivity index (χ4n) is 3.79. The Labute approximate surface area is 135 Å². The normalized spacial score (nSPS) is 28.4. The number of nitriles is 1. The Morgan fingerprint density at radius 1 is 1.48 bits per heavy atom. The zero-order valence-corrected chi connectivity index (χ0v) is 13.4. The minimum absolute atomic E-state index is 0.216. The fourth-order valence-corrected chi connectivity index (χ4v) is 3.79. The van der Waals surface area contributed by atoms with Crippen molar-refractivity contribution in [1.82, 2.24) is 4.90 Å². The van der Waals surface area contributed by atoms with Crippen LogP contribution in [0.1, 0.15) is 48.2 Å². The van der Waals surface area contributed by atoms with E-state index in [-0.39, 0.29) is 17.4 Å². The van der Waals surface area contributed by atoms with E-state index in [1.165, 1.54) is 13.4 Å². The lowest BCUT2D eigenvalue weighted by atomic mass is 9.79. The summed E-state index contributed by atoms with van der Waals surface area (Å²) in [5.74, 6) is -0.271. The van der Waals surface area contributed by atoms with Gasteiger partial charge in [-0.05, 0) is 44.7 Å². The molecule has 2 aliphatic heterocycles. The molecule has 2 saturated heterocycles. The molecule has 6 heteroatoms. The second-order valence-electron chi connectivity index (χ2n) is 6.24. The van der Waals surface area contributed by atoms with Gasteiger partial charge in [0.25, 0.3) is 0 Å². The highest BCUT2D eigenvalue weighted by atomic mass is 16.5. The van der Waals surface area contributed by atoms with Gasteiger partial charge in [-0.25, -0.2) is 4.79 Å².